The molecule has 4 nitrogen and oxygen atoms in total. The number of Topliss-reactive ketones (excluding diaryl/α,β-unsaturated/α-hetero) is 1. The first-order valence-corrected chi connectivity index (χ1v) is 6.37. The molecule has 0 unspecified atom stereocenters. The minimum absolute atomic E-state index is 0.0407. The number of ether oxygens (including phenoxy) is 1. The number of methoxy groups -OCH3 is 1. The summed E-state index contributed by atoms with van der Waals surface area (Å²) >= 11 is 1.28. The number of carbonyl (C=O) groups excluding carboxylic acids is 2. The Morgan fingerprint density at radius 3 is 2.58 bits per heavy atom. The molecule has 1 N–H and O–H groups in total. The molecule has 19 heavy (non-hydrogen) atoms. The van der Waals surface area contributed by atoms with E-state index < -0.39 is 0 Å². The normalized spacial score (nSPS) is 10.2. The number of hydrogen-bond donors (Lipinski definition) is 1. The molecule has 0 fully saturated rings. The lowest BCUT2D eigenvalue weighted by atomic mass is 10.1. The van der Waals surface area contributed by atoms with Crippen LogP contribution in [0.3, 0.4) is 0 Å². The first-order chi connectivity index (χ1) is 9.02. The lowest BCUT2D eigenvalue weighted by Gasteiger charge is -2.03. The van der Waals surface area contributed by atoms with Crippen LogP contribution in [0.2, 0.25) is 0 Å². The van der Waals surface area contributed by atoms with Crippen molar-refractivity contribution in [3.05, 3.63) is 40.8 Å². The van der Waals surface area contributed by atoms with E-state index >= 15 is 0 Å². The largest absolute Gasteiger partial charge is 0.507 e. The predicted octanol–water partition coefficient (Wildman–Crippen LogP) is 3.11. The fourth-order valence-corrected chi connectivity index (χ4v) is 2.60. The van der Waals surface area contributed by atoms with E-state index in [9.17, 15) is 14.7 Å². The summed E-state index contributed by atoms with van der Waals surface area (Å²) in [6.45, 7) is 1.40. The molecule has 0 aliphatic carbocycles. The highest BCUT2D eigenvalue weighted by Gasteiger charge is 2.13. The fourth-order valence-electron chi connectivity index (χ4n) is 1.67. The Hall–Kier alpha value is -2.14. The van der Waals surface area contributed by atoms with Gasteiger partial charge in [0.25, 0.3) is 0 Å². The summed E-state index contributed by atoms with van der Waals surface area (Å²) in [7, 11) is 1.33. The van der Waals surface area contributed by atoms with E-state index in [0.29, 0.717) is 4.88 Å². The van der Waals surface area contributed by atoms with Gasteiger partial charge in [0.2, 0.25) is 0 Å². The zero-order valence-corrected chi connectivity index (χ0v) is 11.3. The molecule has 0 aliphatic rings. The molecule has 1 heterocycles. The molecule has 0 saturated carbocycles. The summed E-state index contributed by atoms with van der Waals surface area (Å²) in [4.78, 5) is 24.1. The van der Waals surface area contributed by atoms with Crippen molar-refractivity contribution >= 4 is 23.1 Å². The van der Waals surface area contributed by atoms with Crippen LogP contribution in [0.5, 0.6) is 5.75 Å². The third kappa shape index (κ3) is 2.66. The van der Waals surface area contributed by atoms with Crippen molar-refractivity contribution in [3.8, 4) is 16.2 Å². The number of aromatic hydroxyl groups is 1. The van der Waals surface area contributed by atoms with Crippen LogP contribution in [-0.4, -0.2) is 24.0 Å². The summed E-state index contributed by atoms with van der Waals surface area (Å²) in [5, 5.41) is 9.59. The van der Waals surface area contributed by atoms with E-state index in [-0.39, 0.29) is 23.1 Å². The molecule has 0 atom stereocenters. The second kappa shape index (κ2) is 5.24. The van der Waals surface area contributed by atoms with Gasteiger partial charge in [-0.05, 0) is 42.8 Å². The van der Waals surface area contributed by atoms with Crippen LogP contribution in [-0.2, 0) is 4.74 Å². The van der Waals surface area contributed by atoms with Crippen molar-refractivity contribution in [1.82, 2.24) is 0 Å². The van der Waals surface area contributed by atoms with E-state index in [1.54, 1.807) is 24.3 Å². The minimum atomic E-state index is -0.387. The van der Waals surface area contributed by atoms with Crippen LogP contribution >= 0.6 is 11.3 Å². The molecular formula is C14H12O4S. The van der Waals surface area contributed by atoms with Gasteiger partial charge in [-0.25, -0.2) is 4.79 Å². The van der Waals surface area contributed by atoms with Gasteiger partial charge in [-0.3, -0.25) is 4.79 Å². The quantitative estimate of drug-likeness (QED) is 0.691. The highest BCUT2D eigenvalue weighted by Crippen LogP contribution is 2.31. The molecule has 1 aromatic carbocycles. The van der Waals surface area contributed by atoms with E-state index in [4.69, 9.17) is 0 Å². The van der Waals surface area contributed by atoms with Crippen LogP contribution in [0.15, 0.2) is 30.3 Å². The topological polar surface area (TPSA) is 63.6 Å². The molecule has 0 radical (unpaired) electrons. The monoisotopic (exact) mass is 276 g/mol. The van der Waals surface area contributed by atoms with Gasteiger partial charge in [0.15, 0.2) is 5.78 Å². The van der Waals surface area contributed by atoms with Crippen LogP contribution in [0.1, 0.15) is 27.0 Å². The molecular weight excluding hydrogens is 264 g/mol. The molecule has 0 saturated heterocycles. The van der Waals surface area contributed by atoms with E-state index in [1.807, 2.05) is 0 Å². The first-order valence-electron chi connectivity index (χ1n) is 5.55. The number of thiophene rings is 1. The highest BCUT2D eigenvalue weighted by atomic mass is 32.1. The van der Waals surface area contributed by atoms with Crippen molar-refractivity contribution < 1.29 is 19.4 Å². The van der Waals surface area contributed by atoms with Gasteiger partial charge < -0.3 is 9.84 Å². The Morgan fingerprint density at radius 2 is 1.95 bits per heavy atom. The average molecular weight is 276 g/mol. The third-order valence-electron chi connectivity index (χ3n) is 2.65. The molecule has 0 spiro atoms. The SMILES string of the molecule is COC(=O)c1ccc(-c2ccc(O)c(C(C)=O)c2)s1. The van der Waals surface area contributed by atoms with Crippen LogP contribution < -0.4 is 0 Å². The zero-order valence-electron chi connectivity index (χ0n) is 10.5. The molecule has 0 bridgehead atoms. The van der Waals surface area contributed by atoms with Crippen LogP contribution in [0.25, 0.3) is 10.4 Å². The third-order valence-corrected chi connectivity index (χ3v) is 3.77. The Morgan fingerprint density at radius 1 is 1.21 bits per heavy atom. The highest BCUT2D eigenvalue weighted by molar-refractivity contribution is 7.17. The van der Waals surface area contributed by atoms with Crippen molar-refractivity contribution in [3.63, 3.8) is 0 Å². The van der Waals surface area contributed by atoms with Gasteiger partial charge in [0.1, 0.15) is 10.6 Å². The summed E-state index contributed by atoms with van der Waals surface area (Å²) in [5.74, 6) is -0.632. The summed E-state index contributed by atoms with van der Waals surface area (Å²) < 4.78 is 4.64. The Labute approximate surface area is 114 Å². The lowest BCUT2D eigenvalue weighted by Crippen LogP contribution is -1.96. The molecule has 2 rings (SSSR count). The number of ketones is 1. The van der Waals surface area contributed by atoms with Crippen molar-refractivity contribution in [2.45, 2.75) is 6.92 Å². The maximum atomic E-state index is 11.4. The number of carbonyl (C=O) groups is 2. The Balaban J connectivity index is 2.42. The van der Waals surface area contributed by atoms with Gasteiger partial charge in [0, 0.05) is 4.88 Å². The summed E-state index contributed by atoms with van der Waals surface area (Å²) in [6, 6.07) is 8.25. The molecule has 2 aromatic rings. The van der Waals surface area contributed by atoms with Crippen molar-refractivity contribution in [1.29, 1.82) is 0 Å². The van der Waals surface area contributed by atoms with Gasteiger partial charge >= 0.3 is 5.97 Å². The molecule has 1 aromatic heterocycles. The average Bonchev–Trinajstić information content (AvgIpc) is 2.87. The maximum absolute atomic E-state index is 11.4. The number of phenols is 1. The number of rotatable bonds is 3. The zero-order chi connectivity index (χ0) is 14.0. The van der Waals surface area contributed by atoms with Crippen molar-refractivity contribution in [2.75, 3.05) is 7.11 Å². The van der Waals surface area contributed by atoms with Gasteiger partial charge in [-0.1, -0.05) is 0 Å². The maximum Gasteiger partial charge on any atom is 0.348 e. The summed E-state index contributed by atoms with van der Waals surface area (Å²) in [5.41, 5.74) is 1.05. The van der Waals surface area contributed by atoms with Gasteiger partial charge in [-0.15, -0.1) is 11.3 Å². The van der Waals surface area contributed by atoms with Crippen LogP contribution in [0, 0.1) is 0 Å². The second-order valence-electron chi connectivity index (χ2n) is 3.94. The number of benzene rings is 1. The number of phenolic OH excluding ortho intramolecular Hbond substituents is 1. The number of hydrogen-bond acceptors (Lipinski definition) is 5. The smallest absolute Gasteiger partial charge is 0.348 e. The fraction of sp³-hybridized carbons (Fsp3) is 0.143. The van der Waals surface area contributed by atoms with Crippen molar-refractivity contribution in [2.24, 2.45) is 0 Å². The van der Waals surface area contributed by atoms with Crippen LogP contribution in [0.4, 0.5) is 0 Å². The number of esters is 1. The molecule has 98 valence electrons. The molecule has 0 amide bonds. The Bertz CT molecular complexity index is 643. The Kier molecular flexibility index (Phi) is 3.66. The van der Waals surface area contributed by atoms with E-state index in [2.05, 4.69) is 4.74 Å². The molecule has 5 heteroatoms. The summed E-state index contributed by atoms with van der Waals surface area (Å²) in [6.07, 6.45) is 0. The second-order valence-corrected chi connectivity index (χ2v) is 5.03. The molecule has 0 aliphatic heterocycles. The van der Waals surface area contributed by atoms with E-state index in [1.165, 1.54) is 31.4 Å². The van der Waals surface area contributed by atoms with E-state index in [0.717, 1.165) is 10.4 Å². The van der Waals surface area contributed by atoms with Gasteiger partial charge in [-0.2, -0.15) is 0 Å². The van der Waals surface area contributed by atoms with Gasteiger partial charge in [0.05, 0.1) is 12.7 Å². The predicted molar refractivity (Wildman–Crippen MR) is 72.8 cm³/mol. The first kappa shape index (κ1) is 13.3. The lowest BCUT2D eigenvalue weighted by molar-refractivity contribution is 0.0606. The minimum Gasteiger partial charge on any atom is -0.507 e. The standard InChI is InChI=1S/C14H12O4S/c1-8(15)10-7-9(3-4-11(10)16)12-5-6-13(19-12)14(17)18-2/h3-7,16H,1-2H3.